The molecule has 0 fully saturated rings. The van der Waals surface area contributed by atoms with Crippen LogP contribution >= 0.6 is 0 Å². The van der Waals surface area contributed by atoms with Crippen molar-refractivity contribution in [1.29, 1.82) is 0 Å². The molecule has 4 rings (SSSR count). The van der Waals surface area contributed by atoms with E-state index in [9.17, 15) is 9.18 Å². The topological polar surface area (TPSA) is 56.2 Å². The van der Waals surface area contributed by atoms with E-state index in [4.69, 9.17) is 4.74 Å². The van der Waals surface area contributed by atoms with Crippen molar-refractivity contribution in [2.24, 2.45) is 0 Å². The summed E-state index contributed by atoms with van der Waals surface area (Å²) in [6, 6.07) is 23.4. The predicted octanol–water partition coefficient (Wildman–Crippen LogP) is 5.52. The molecule has 1 aromatic heterocycles. The maximum atomic E-state index is 13.0. The number of anilines is 1. The van der Waals surface area contributed by atoms with Crippen LogP contribution in [0.25, 0.3) is 0 Å². The summed E-state index contributed by atoms with van der Waals surface area (Å²) in [5, 5.41) is 7.50. The Labute approximate surface area is 186 Å². The monoisotopic (exact) mass is 429 g/mol. The van der Waals surface area contributed by atoms with E-state index in [0.717, 1.165) is 16.8 Å². The van der Waals surface area contributed by atoms with Crippen molar-refractivity contribution in [3.63, 3.8) is 0 Å². The second kappa shape index (κ2) is 9.47. The van der Waals surface area contributed by atoms with Gasteiger partial charge in [-0.1, -0.05) is 48.5 Å². The number of hydrogen-bond acceptors (Lipinski definition) is 3. The summed E-state index contributed by atoms with van der Waals surface area (Å²) in [6.45, 7) is 4.65. The van der Waals surface area contributed by atoms with E-state index in [1.54, 1.807) is 18.2 Å². The Kier molecular flexibility index (Phi) is 6.31. The minimum Gasteiger partial charge on any atom is -0.489 e. The van der Waals surface area contributed by atoms with Gasteiger partial charge in [-0.3, -0.25) is 9.48 Å². The van der Waals surface area contributed by atoms with Crippen LogP contribution in [0.2, 0.25) is 0 Å². The number of hydrogen-bond donors (Lipinski definition) is 1. The second-order valence-corrected chi connectivity index (χ2v) is 7.59. The van der Waals surface area contributed by atoms with Gasteiger partial charge in [0.1, 0.15) is 18.2 Å². The minimum absolute atomic E-state index is 0.213. The number of carbonyl (C=O) groups is 1. The summed E-state index contributed by atoms with van der Waals surface area (Å²) in [7, 11) is 0. The third-order valence-corrected chi connectivity index (χ3v) is 5.19. The first kappa shape index (κ1) is 21.3. The van der Waals surface area contributed by atoms with Gasteiger partial charge in [0.05, 0.1) is 17.8 Å². The fraction of sp³-hybridized carbons (Fsp3) is 0.154. The molecule has 3 aromatic carbocycles. The molecule has 0 aliphatic rings. The molecule has 0 unspecified atom stereocenters. The van der Waals surface area contributed by atoms with Gasteiger partial charge < -0.3 is 10.1 Å². The molecular formula is C26H24FN3O2. The van der Waals surface area contributed by atoms with Crippen LogP contribution in [0.4, 0.5) is 10.1 Å². The van der Waals surface area contributed by atoms with E-state index < -0.39 is 0 Å². The number of carbonyl (C=O) groups excluding carboxylic acids is 1. The van der Waals surface area contributed by atoms with Crippen LogP contribution in [0.1, 0.15) is 32.9 Å². The third-order valence-electron chi connectivity index (χ3n) is 5.19. The SMILES string of the molecule is Cc1nn(Cc2ccccc2)c(C)c1C(=O)Nc1cccc(OCc2ccc(F)cc2)c1. The Morgan fingerprint density at radius 1 is 0.969 bits per heavy atom. The summed E-state index contributed by atoms with van der Waals surface area (Å²) in [4.78, 5) is 13.0. The Morgan fingerprint density at radius 3 is 2.47 bits per heavy atom. The zero-order valence-corrected chi connectivity index (χ0v) is 18.0. The quantitative estimate of drug-likeness (QED) is 0.421. The highest BCUT2D eigenvalue weighted by Gasteiger charge is 2.19. The first-order valence-electron chi connectivity index (χ1n) is 10.4. The molecule has 0 saturated heterocycles. The Hall–Kier alpha value is -3.93. The van der Waals surface area contributed by atoms with Crippen LogP contribution in [0.5, 0.6) is 5.75 Å². The Morgan fingerprint density at radius 2 is 1.72 bits per heavy atom. The highest BCUT2D eigenvalue weighted by Crippen LogP contribution is 2.21. The number of amides is 1. The van der Waals surface area contributed by atoms with Crippen LogP contribution in [0.3, 0.4) is 0 Å². The van der Waals surface area contributed by atoms with E-state index >= 15 is 0 Å². The molecule has 5 nitrogen and oxygen atoms in total. The number of nitrogens with one attached hydrogen (secondary N) is 1. The number of aromatic nitrogens is 2. The van der Waals surface area contributed by atoms with Gasteiger partial charge in [0, 0.05) is 17.4 Å². The van der Waals surface area contributed by atoms with Gasteiger partial charge in [-0.25, -0.2) is 4.39 Å². The maximum absolute atomic E-state index is 13.0. The summed E-state index contributed by atoms with van der Waals surface area (Å²) in [5.41, 5.74) is 4.67. The van der Waals surface area contributed by atoms with Gasteiger partial charge in [-0.2, -0.15) is 5.10 Å². The highest BCUT2D eigenvalue weighted by molar-refractivity contribution is 6.05. The van der Waals surface area contributed by atoms with Crippen molar-refractivity contribution in [2.75, 3.05) is 5.32 Å². The Bertz CT molecular complexity index is 1220. The molecule has 0 aliphatic carbocycles. The molecule has 0 atom stereocenters. The van der Waals surface area contributed by atoms with Crippen molar-refractivity contribution in [2.45, 2.75) is 27.0 Å². The molecule has 0 spiro atoms. The van der Waals surface area contributed by atoms with Crippen LogP contribution in [0.15, 0.2) is 78.9 Å². The molecule has 4 aromatic rings. The predicted molar refractivity (Wildman–Crippen MR) is 122 cm³/mol. The first-order chi connectivity index (χ1) is 15.5. The normalized spacial score (nSPS) is 10.7. The molecular weight excluding hydrogens is 405 g/mol. The molecule has 162 valence electrons. The number of aryl methyl sites for hydroxylation is 1. The lowest BCUT2D eigenvalue weighted by molar-refractivity contribution is 0.102. The standard InChI is InChI=1S/C26H24FN3O2/c1-18-25(19(2)30(29-18)16-20-7-4-3-5-8-20)26(31)28-23-9-6-10-24(15-23)32-17-21-11-13-22(27)14-12-21/h3-15H,16-17H2,1-2H3,(H,28,31). The van der Waals surface area contributed by atoms with Crippen molar-refractivity contribution >= 4 is 11.6 Å². The smallest absolute Gasteiger partial charge is 0.259 e. The van der Waals surface area contributed by atoms with Crippen molar-refractivity contribution < 1.29 is 13.9 Å². The summed E-state index contributed by atoms with van der Waals surface area (Å²) in [6.07, 6.45) is 0. The van der Waals surface area contributed by atoms with Crippen LogP contribution in [-0.2, 0) is 13.2 Å². The van der Waals surface area contributed by atoms with E-state index in [-0.39, 0.29) is 11.7 Å². The fourth-order valence-electron chi connectivity index (χ4n) is 3.54. The number of rotatable bonds is 7. The van der Waals surface area contributed by atoms with Crippen molar-refractivity contribution in [3.8, 4) is 5.75 Å². The summed E-state index contributed by atoms with van der Waals surface area (Å²) < 4.78 is 20.7. The minimum atomic E-state index is -0.281. The molecule has 1 N–H and O–H groups in total. The van der Waals surface area contributed by atoms with E-state index in [0.29, 0.717) is 35.8 Å². The molecule has 0 saturated carbocycles. The fourth-order valence-corrected chi connectivity index (χ4v) is 3.54. The maximum Gasteiger partial charge on any atom is 0.259 e. The second-order valence-electron chi connectivity index (χ2n) is 7.59. The average molecular weight is 429 g/mol. The number of halogens is 1. The van der Waals surface area contributed by atoms with Gasteiger partial charge in [0.2, 0.25) is 0 Å². The van der Waals surface area contributed by atoms with Gasteiger partial charge in [0.15, 0.2) is 0 Å². The summed E-state index contributed by atoms with van der Waals surface area (Å²) in [5.74, 6) is 0.117. The van der Waals surface area contributed by atoms with Crippen LogP contribution < -0.4 is 10.1 Å². The molecule has 6 heteroatoms. The first-order valence-corrected chi connectivity index (χ1v) is 10.4. The molecule has 1 amide bonds. The van der Waals surface area contributed by atoms with Gasteiger partial charge in [0.25, 0.3) is 5.91 Å². The molecule has 0 radical (unpaired) electrons. The number of nitrogens with zero attached hydrogens (tertiary/aromatic N) is 2. The van der Waals surface area contributed by atoms with Gasteiger partial charge in [-0.15, -0.1) is 0 Å². The summed E-state index contributed by atoms with van der Waals surface area (Å²) >= 11 is 0. The van der Waals surface area contributed by atoms with Gasteiger partial charge in [-0.05, 0) is 49.2 Å². The lowest BCUT2D eigenvalue weighted by Crippen LogP contribution is -2.14. The number of benzene rings is 3. The zero-order valence-electron chi connectivity index (χ0n) is 18.0. The largest absolute Gasteiger partial charge is 0.489 e. The molecule has 0 bridgehead atoms. The average Bonchev–Trinajstić information content (AvgIpc) is 3.07. The van der Waals surface area contributed by atoms with E-state index in [2.05, 4.69) is 10.4 Å². The van der Waals surface area contributed by atoms with Crippen molar-refractivity contribution in [3.05, 3.63) is 113 Å². The molecule has 32 heavy (non-hydrogen) atoms. The number of ether oxygens (including phenoxy) is 1. The van der Waals surface area contributed by atoms with E-state index in [1.807, 2.05) is 67.1 Å². The highest BCUT2D eigenvalue weighted by atomic mass is 19.1. The van der Waals surface area contributed by atoms with Crippen LogP contribution in [0, 0.1) is 19.7 Å². The third kappa shape index (κ3) is 5.03. The Balaban J connectivity index is 1.45. The molecule has 1 heterocycles. The lowest BCUT2D eigenvalue weighted by atomic mass is 10.1. The lowest BCUT2D eigenvalue weighted by Gasteiger charge is -2.10. The van der Waals surface area contributed by atoms with E-state index in [1.165, 1.54) is 12.1 Å². The van der Waals surface area contributed by atoms with Gasteiger partial charge >= 0.3 is 0 Å². The zero-order chi connectivity index (χ0) is 22.5. The molecule has 0 aliphatic heterocycles. The van der Waals surface area contributed by atoms with Crippen LogP contribution in [-0.4, -0.2) is 15.7 Å². The van der Waals surface area contributed by atoms with Crippen molar-refractivity contribution in [1.82, 2.24) is 9.78 Å².